The number of hydrogen-bond donors (Lipinski definition) is 0. The topological polar surface area (TPSA) is 46.1 Å². The molecule has 1 aliphatic rings. The average Bonchev–Trinajstić information content (AvgIpc) is 2.33. The molecule has 0 atom stereocenters. The van der Waals surface area contributed by atoms with Crippen LogP contribution in [0.25, 0.3) is 0 Å². The van der Waals surface area contributed by atoms with Crippen molar-refractivity contribution >= 4 is 17.5 Å². The largest absolute Gasteiger partial charge is 0.343 e. The molecule has 1 saturated heterocycles. The van der Waals surface area contributed by atoms with Gasteiger partial charge in [-0.1, -0.05) is 11.6 Å². The molecule has 1 aliphatic heterocycles. The van der Waals surface area contributed by atoms with Crippen molar-refractivity contribution in [1.29, 1.82) is 0 Å². The van der Waals surface area contributed by atoms with Gasteiger partial charge in [-0.25, -0.2) is 0 Å². The summed E-state index contributed by atoms with van der Waals surface area (Å²) < 4.78 is 0. The lowest BCUT2D eigenvalue weighted by Crippen LogP contribution is -2.37. The molecule has 0 unspecified atom stereocenters. The maximum atomic E-state index is 11.2. The van der Waals surface area contributed by atoms with E-state index < -0.39 is 0 Å². The van der Waals surface area contributed by atoms with Crippen molar-refractivity contribution < 1.29 is 4.79 Å². The van der Waals surface area contributed by atoms with E-state index in [0.29, 0.717) is 11.1 Å². The Labute approximate surface area is 106 Å². The van der Waals surface area contributed by atoms with Crippen molar-refractivity contribution in [2.75, 3.05) is 13.1 Å². The first-order valence-electron chi connectivity index (χ1n) is 5.89. The summed E-state index contributed by atoms with van der Waals surface area (Å²) in [6, 6.07) is 3.70. The number of aromatic nitrogens is 2. The molecule has 0 radical (unpaired) electrons. The fourth-order valence-corrected chi connectivity index (χ4v) is 2.30. The highest BCUT2D eigenvalue weighted by atomic mass is 35.5. The molecule has 1 fully saturated rings. The van der Waals surface area contributed by atoms with Gasteiger partial charge in [-0.15, -0.1) is 5.10 Å². The summed E-state index contributed by atoms with van der Waals surface area (Å²) in [5, 5.41) is 8.33. The zero-order chi connectivity index (χ0) is 12.3. The molecule has 0 bridgehead atoms. The Kier molecular flexibility index (Phi) is 3.94. The third-order valence-corrected chi connectivity index (χ3v) is 3.45. The lowest BCUT2D eigenvalue weighted by Gasteiger charge is -2.31. The second kappa shape index (κ2) is 5.45. The van der Waals surface area contributed by atoms with Crippen LogP contribution in [0.4, 0.5) is 0 Å². The molecule has 1 amide bonds. The van der Waals surface area contributed by atoms with Crippen LogP contribution in [0.2, 0.25) is 5.15 Å². The Morgan fingerprint density at radius 1 is 1.41 bits per heavy atom. The van der Waals surface area contributed by atoms with E-state index in [1.54, 1.807) is 13.0 Å². The average molecular weight is 254 g/mol. The zero-order valence-corrected chi connectivity index (χ0v) is 10.7. The van der Waals surface area contributed by atoms with Crippen LogP contribution in [0, 0.1) is 5.92 Å². The van der Waals surface area contributed by atoms with Crippen LogP contribution in [-0.4, -0.2) is 34.1 Å². The van der Waals surface area contributed by atoms with E-state index in [-0.39, 0.29) is 5.91 Å². The molecule has 5 heteroatoms. The quantitative estimate of drug-likeness (QED) is 0.809. The normalized spacial score (nSPS) is 17.2. The number of amides is 1. The van der Waals surface area contributed by atoms with Crippen LogP contribution in [0.15, 0.2) is 12.1 Å². The maximum Gasteiger partial charge on any atom is 0.219 e. The van der Waals surface area contributed by atoms with E-state index in [4.69, 9.17) is 11.6 Å². The van der Waals surface area contributed by atoms with E-state index in [0.717, 1.165) is 38.0 Å². The summed E-state index contributed by atoms with van der Waals surface area (Å²) in [4.78, 5) is 13.1. The van der Waals surface area contributed by atoms with Crippen molar-refractivity contribution in [1.82, 2.24) is 15.1 Å². The molecular formula is C12H16ClN3O. The summed E-state index contributed by atoms with van der Waals surface area (Å²) in [5.74, 6) is 0.774. The molecule has 0 spiro atoms. The third kappa shape index (κ3) is 3.40. The maximum absolute atomic E-state index is 11.2. The number of carbonyl (C=O) groups is 1. The van der Waals surface area contributed by atoms with Crippen LogP contribution in [0.5, 0.6) is 0 Å². The number of halogens is 1. The molecule has 2 rings (SSSR count). The fraction of sp³-hybridized carbons (Fsp3) is 0.583. The van der Waals surface area contributed by atoms with Crippen molar-refractivity contribution in [2.45, 2.75) is 26.2 Å². The van der Waals surface area contributed by atoms with Gasteiger partial charge in [0.15, 0.2) is 5.15 Å². The van der Waals surface area contributed by atoms with Gasteiger partial charge in [0.05, 0.1) is 5.69 Å². The summed E-state index contributed by atoms with van der Waals surface area (Å²) in [7, 11) is 0. The lowest BCUT2D eigenvalue weighted by atomic mass is 9.92. The molecule has 92 valence electrons. The number of piperidine rings is 1. The van der Waals surface area contributed by atoms with Crippen LogP contribution in [0.1, 0.15) is 25.5 Å². The number of likely N-dealkylation sites (tertiary alicyclic amines) is 1. The molecule has 0 saturated carbocycles. The van der Waals surface area contributed by atoms with Crippen LogP contribution >= 0.6 is 11.6 Å². The first-order chi connectivity index (χ1) is 8.15. The third-order valence-electron chi connectivity index (χ3n) is 3.24. The molecule has 0 aliphatic carbocycles. The number of carbonyl (C=O) groups excluding carboxylic acids is 1. The van der Waals surface area contributed by atoms with Gasteiger partial charge in [0.1, 0.15) is 0 Å². The van der Waals surface area contributed by atoms with E-state index in [1.165, 1.54) is 0 Å². The standard InChI is InChI=1S/C12H16ClN3O/c1-9(17)16-6-4-10(5-7-16)8-11-2-3-12(13)15-14-11/h2-3,10H,4-8H2,1H3. The highest BCUT2D eigenvalue weighted by Gasteiger charge is 2.21. The fourth-order valence-electron chi connectivity index (χ4n) is 2.20. The summed E-state index contributed by atoms with van der Waals surface area (Å²) in [6.07, 6.45) is 3.02. The zero-order valence-electron chi connectivity index (χ0n) is 9.90. The van der Waals surface area contributed by atoms with Gasteiger partial charge >= 0.3 is 0 Å². The minimum Gasteiger partial charge on any atom is -0.343 e. The van der Waals surface area contributed by atoms with Gasteiger partial charge in [0, 0.05) is 20.0 Å². The predicted molar refractivity (Wildman–Crippen MR) is 65.7 cm³/mol. The van der Waals surface area contributed by atoms with Gasteiger partial charge in [-0.05, 0) is 37.3 Å². The monoisotopic (exact) mass is 253 g/mol. The Balaban J connectivity index is 1.85. The van der Waals surface area contributed by atoms with E-state index >= 15 is 0 Å². The van der Waals surface area contributed by atoms with Crippen LogP contribution in [-0.2, 0) is 11.2 Å². The van der Waals surface area contributed by atoms with Crippen molar-refractivity contribution in [3.8, 4) is 0 Å². The van der Waals surface area contributed by atoms with Crippen LogP contribution < -0.4 is 0 Å². The molecule has 2 heterocycles. The summed E-state index contributed by atoms with van der Waals surface area (Å²) in [5.41, 5.74) is 0.982. The molecule has 1 aromatic rings. The second-order valence-corrected chi connectivity index (χ2v) is 4.89. The predicted octanol–water partition coefficient (Wildman–Crippen LogP) is 1.93. The van der Waals surface area contributed by atoms with Gasteiger partial charge in [0.25, 0.3) is 0 Å². The van der Waals surface area contributed by atoms with E-state index in [9.17, 15) is 4.79 Å². The van der Waals surface area contributed by atoms with Crippen molar-refractivity contribution in [3.05, 3.63) is 23.0 Å². The highest BCUT2D eigenvalue weighted by Crippen LogP contribution is 2.21. The number of nitrogens with zero attached hydrogens (tertiary/aromatic N) is 3. The van der Waals surface area contributed by atoms with Gasteiger partial charge < -0.3 is 4.90 Å². The molecule has 0 N–H and O–H groups in total. The second-order valence-electron chi connectivity index (χ2n) is 4.50. The van der Waals surface area contributed by atoms with Gasteiger partial charge in [-0.3, -0.25) is 4.79 Å². The minimum absolute atomic E-state index is 0.176. The van der Waals surface area contributed by atoms with Gasteiger partial charge in [-0.2, -0.15) is 5.10 Å². The van der Waals surface area contributed by atoms with E-state index in [2.05, 4.69) is 10.2 Å². The van der Waals surface area contributed by atoms with E-state index in [1.807, 2.05) is 11.0 Å². The first-order valence-corrected chi connectivity index (χ1v) is 6.26. The minimum atomic E-state index is 0.176. The molecular weight excluding hydrogens is 238 g/mol. The Bertz CT molecular complexity index is 385. The number of rotatable bonds is 2. The van der Waals surface area contributed by atoms with Crippen molar-refractivity contribution in [2.24, 2.45) is 5.92 Å². The van der Waals surface area contributed by atoms with Crippen LogP contribution in [0.3, 0.4) is 0 Å². The Morgan fingerprint density at radius 3 is 2.65 bits per heavy atom. The first kappa shape index (κ1) is 12.3. The molecule has 0 aromatic carbocycles. The van der Waals surface area contributed by atoms with Gasteiger partial charge in [0.2, 0.25) is 5.91 Å². The Hall–Kier alpha value is -1.16. The highest BCUT2D eigenvalue weighted by molar-refractivity contribution is 6.29. The summed E-state index contributed by atoms with van der Waals surface area (Å²) in [6.45, 7) is 3.35. The SMILES string of the molecule is CC(=O)N1CCC(Cc2ccc(Cl)nn2)CC1. The molecule has 4 nitrogen and oxygen atoms in total. The van der Waals surface area contributed by atoms with Crippen molar-refractivity contribution in [3.63, 3.8) is 0 Å². The smallest absolute Gasteiger partial charge is 0.219 e. The number of hydrogen-bond acceptors (Lipinski definition) is 3. The summed E-state index contributed by atoms with van der Waals surface area (Å²) >= 11 is 5.69. The Morgan fingerprint density at radius 2 is 2.12 bits per heavy atom. The lowest BCUT2D eigenvalue weighted by molar-refractivity contribution is -0.130. The molecule has 17 heavy (non-hydrogen) atoms. The molecule has 1 aromatic heterocycles.